The molecule has 2 heterocycles. The Labute approximate surface area is 133 Å². The number of aromatic nitrogens is 2. The molecule has 0 unspecified atom stereocenters. The van der Waals surface area contributed by atoms with Crippen LogP contribution in [0.5, 0.6) is 5.75 Å². The quantitative estimate of drug-likeness (QED) is 0.798. The fourth-order valence-corrected chi connectivity index (χ4v) is 2.56. The number of rotatable bonds is 4. The van der Waals surface area contributed by atoms with Crippen LogP contribution in [0.4, 0.5) is 11.6 Å². The molecule has 23 heavy (non-hydrogen) atoms. The molecule has 0 N–H and O–H groups in total. The largest absolute Gasteiger partial charge is 0.497 e. The Kier molecular flexibility index (Phi) is 4.01. The highest BCUT2D eigenvalue weighted by molar-refractivity contribution is 5.88. The zero-order chi connectivity index (χ0) is 16.4. The Balaban J connectivity index is 1.96. The van der Waals surface area contributed by atoms with Gasteiger partial charge in [0.05, 0.1) is 19.9 Å². The number of carbonyl (C=O) groups is 1. The Morgan fingerprint density at radius 2 is 2.00 bits per heavy atom. The fraction of sp³-hybridized carbons (Fsp3) is 0.312. The average molecular weight is 315 g/mol. The first-order chi connectivity index (χ1) is 11.2. The third-order valence-corrected chi connectivity index (χ3v) is 3.69. The molecule has 0 atom stereocenters. The maximum atomic E-state index is 12.4. The lowest BCUT2D eigenvalue weighted by Gasteiger charge is -2.17. The lowest BCUT2D eigenvalue weighted by molar-refractivity contribution is 0.0523. The standard InChI is InChI=1S/C16H17N3O4/c1-3-23-15(21)13-10-17-16-18(8-9-19(16)14(13)20)11-4-6-12(22-2)7-5-11/h4-7,10H,3,8-9H2,1-2H3. The first-order valence-corrected chi connectivity index (χ1v) is 7.34. The minimum Gasteiger partial charge on any atom is -0.497 e. The van der Waals surface area contributed by atoms with Gasteiger partial charge in [-0.25, -0.2) is 9.78 Å². The molecule has 0 saturated heterocycles. The molecule has 0 fully saturated rings. The van der Waals surface area contributed by atoms with Gasteiger partial charge in [-0.1, -0.05) is 0 Å². The van der Waals surface area contributed by atoms with Crippen LogP contribution in [0.15, 0.2) is 35.3 Å². The second-order valence-electron chi connectivity index (χ2n) is 5.00. The van der Waals surface area contributed by atoms with Crippen molar-refractivity contribution in [2.24, 2.45) is 0 Å². The highest BCUT2D eigenvalue weighted by Gasteiger charge is 2.26. The first kappa shape index (κ1) is 15.1. The van der Waals surface area contributed by atoms with Gasteiger partial charge in [0, 0.05) is 18.8 Å². The van der Waals surface area contributed by atoms with Crippen molar-refractivity contribution in [3.63, 3.8) is 0 Å². The summed E-state index contributed by atoms with van der Waals surface area (Å²) in [5.74, 6) is 0.646. The zero-order valence-corrected chi connectivity index (χ0v) is 13.0. The summed E-state index contributed by atoms with van der Waals surface area (Å²) in [5.41, 5.74) is 0.504. The average Bonchev–Trinajstić information content (AvgIpc) is 3.00. The van der Waals surface area contributed by atoms with E-state index in [-0.39, 0.29) is 17.7 Å². The fourth-order valence-electron chi connectivity index (χ4n) is 2.56. The van der Waals surface area contributed by atoms with E-state index in [0.29, 0.717) is 19.0 Å². The molecule has 0 spiro atoms. The van der Waals surface area contributed by atoms with Crippen LogP contribution in [0.2, 0.25) is 0 Å². The number of carbonyl (C=O) groups excluding carboxylic acids is 1. The number of methoxy groups -OCH3 is 1. The number of fused-ring (bicyclic) bond motifs is 1. The van der Waals surface area contributed by atoms with Gasteiger partial charge in [-0.2, -0.15) is 0 Å². The van der Waals surface area contributed by atoms with E-state index in [1.807, 2.05) is 29.2 Å². The van der Waals surface area contributed by atoms with Crippen molar-refractivity contribution in [3.8, 4) is 5.75 Å². The Hall–Kier alpha value is -2.83. The molecule has 1 aliphatic rings. The minimum absolute atomic E-state index is 0.0350. The van der Waals surface area contributed by atoms with Crippen molar-refractivity contribution >= 4 is 17.6 Å². The minimum atomic E-state index is -0.636. The van der Waals surface area contributed by atoms with Crippen LogP contribution in [-0.4, -0.2) is 35.8 Å². The van der Waals surface area contributed by atoms with Gasteiger partial charge < -0.3 is 14.4 Å². The monoisotopic (exact) mass is 315 g/mol. The van der Waals surface area contributed by atoms with Crippen LogP contribution in [0.3, 0.4) is 0 Å². The lowest BCUT2D eigenvalue weighted by atomic mass is 10.3. The maximum absolute atomic E-state index is 12.4. The lowest BCUT2D eigenvalue weighted by Crippen LogP contribution is -2.27. The number of hydrogen-bond donors (Lipinski definition) is 0. The van der Waals surface area contributed by atoms with E-state index in [1.54, 1.807) is 14.0 Å². The van der Waals surface area contributed by atoms with Crippen LogP contribution >= 0.6 is 0 Å². The molecule has 0 saturated carbocycles. The first-order valence-electron chi connectivity index (χ1n) is 7.34. The van der Waals surface area contributed by atoms with Crippen molar-refractivity contribution in [3.05, 3.63) is 46.4 Å². The van der Waals surface area contributed by atoms with Gasteiger partial charge in [0.25, 0.3) is 5.56 Å². The predicted octanol–water partition coefficient (Wildman–Crippen LogP) is 1.58. The second kappa shape index (κ2) is 6.12. The Morgan fingerprint density at radius 1 is 1.26 bits per heavy atom. The van der Waals surface area contributed by atoms with Gasteiger partial charge in [-0.05, 0) is 31.2 Å². The maximum Gasteiger partial charge on any atom is 0.345 e. The van der Waals surface area contributed by atoms with Gasteiger partial charge in [-0.3, -0.25) is 9.36 Å². The molecule has 0 bridgehead atoms. The van der Waals surface area contributed by atoms with Crippen molar-refractivity contribution in [2.45, 2.75) is 13.5 Å². The van der Waals surface area contributed by atoms with Gasteiger partial charge in [0.1, 0.15) is 11.3 Å². The second-order valence-corrected chi connectivity index (χ2v) is 5.00. The van der Waals surface area contributed by atoms with E-state index in [4.69, 9.17) is 9.47 Å². The van der Waals surface area contributed by atoms with Crippen LogP contribution in [-0.2, 0) is 11.3 Å². The molecule has 1 aromatic carbocycles. The van der Waals surface area contributed by atoms with Gasteiger partial charge in [-0.15, -0.1) is 0 Å². The molecule has 0 radical (unpaired) electrons. The van der Waals surface area contributed by atoms with E-state index in [2.05, 4.69) is 4.98 Å². The van der Waals surface area contributed by atoms with Crippen molar-refractivity contribution in [2.75, 3.05) is 25.2 Å². The summed E-state index contributed by atoms with van der Waals surface area (Å²) >= 11 is 0. The Bertz CT molecular complexity index is 783. The molecular weight excluding hydrogens is 298 g/mol. The van der Waals surface area contributed by atoms with E-state index < -0.39 is 5.97 Å². The molecule has 0 aliphatic carbocycles. The van der Waals surface area contributed by atoms with Gasteiger partial charge in [0.15, 0.2) is 0 Å². The molecule has 7 heteroatoms. The van der Waals surface area contributed by atoms with Crippen molar-refractivity contribution in [1.82, 2.24) is 9.55 Å². The van der Waals surface area contributed by atoms with Crippen molar-refractivity contribution in [1.29, 1.82) is 0 Å². The van der Waals surface area contributed by atoms with E-state index in [9.17, 15) is 9.59 Å². The topological polar surface area (TPSA) is 73.7 Å². The molecule has 120 valence electrons. The predicted molar refractivity (Wildman–Crippen MR) is 84.5 cm³/mol. The zero-order valence-electron chi connectivity index (χ0n) is 13.0. The van der Waals surface area contributed by atoms with Crippen LogP contribution in [0, 0.1) is 0 Å². The SMILES string of the molecule is CCOC(=O)c1cnc2n(c1=O)CCN2c1ccc(OC)cc1. The summed E-state index contributed by atoms with van der Waals surface area (Å²) in [4.78, 5) is 30.4. The van der Waals surface area contributed by atoms with Gasteiger partial charge in [0.2, 0.25) is 5.95 Å². The molecule has 1 aromatic heterocycles. The highest BCUT2D eigenvalue weighted by atomic mass is 16.5. The van der Waals surface area contributed by atoms with Crippen LogP contribution in [0.1, 0.15) is 17.3 Å². The summed E-state index contributed by atoms with van der Waals surface area (Å²) in [6, 6.07) is 7.51. The molecular formula is C16H17N3O4. The Morgan fingerprint density at radius 3 is 2.65 bits per heavy atom. The third kappa shape index (κ3) is 2.65. The van der Waals surface area contributed by atoms with Crippen LogP contribution < -0.4 is 15.2 Å². The molecule has 7 nitrogen and oxygen atoms in total. The van der Waals surface area contributed by atoms with E-state index >= 15 is 0 Å². The van der Waals surface area contributed by atoms with Crippen LogP contribution in [0.25, 0.3) is 0 Å². The third-order valence-electron chi connectivity index (χ3n) is 3.69. The van der Waals surface area contributed by atoms with E-state index in [0.717, 1.165) is 11.4 Å². The normalized spacial score (nSPS) is 12.9. The summed E-state index contributed by atoms with van der Waals surface area (Å²) in [6.07, 6.45) is 1.29. The number of benzene rings is 1. The molecule has 1 aliphatic heterocycles. The van der Waals surface area contributed by atoms with E-state index in [1.165, 1.54) is 10.8 Å². The summed E-state index contributed by atoms with van der Waals surface area (Å²) in [6.45, 7) is 3.00. The summed E-state index contributed by atoms with van der Waals surface area (Å²) in [5, 5.41) is 0. The molecule has 3 rings (SSSR count). The number of hydrogen-bond acceptors (Lipinski definition) is 6. The molecule has 0 amide bonds. The summed E-state index contributed by atoms with van der Waals surface area (Å²) < 4.78 is 11.5. The highest BCUT2D eigenvalue weighted by Crippen LogP contribution is 2.28. The molecule has 2 aromatic rings. The summed E-state index contributed by atoms with van der Waals surface area (Å²) in [7, 11) is 1.61. The van der Waals surface area contributed by atoms with Crippen molar-refractivity contribution < 1.29 is 14.3 Å². The number of anilines is 2. The smallest absolute Gasteiger partial charge is 0.345 e. The van der Waals surface area contributed by atoms with Gasteiger partial charge >= 0.3 is 5.97 Å². The number of esters is 1. The number of ether oxygens (including phenoxy) is 2. The number of nitrogens with zero attached hydrogens (tertiary/aromatic N) is 3.